The third-order valence-electron chi connectivity index (χ3n) is 1.67. The predicted molar refractivity (Wildman–Crippen MR) is 57.3 cm³/mol. The number of rotatable bonds is 12. The SMILES string of the molecule is COCCOC(COCCO)OCCOC. The Balaban J connectivity index is 3.58. The van der Waals surface area contributed by atoms with E-state index < -0.39 is 6.29 Å². The summed E-state index contributed by atoms with van der Waals surface area (Å²) in [5.41, 5.74) is 0. The molecule has 0 radical (unpaired) electrons. The van der Waals surface area contributed by atoms with E-state index in [1.54, 1.807) is 14.2 Å². The van der Waals surface area contributed by atoms with Gasteiger partial charge in [-0.15, -0.1) is 0 Å². The number of hydrogen-bond acceptors (Lipinski definition) is 6. The Morgan fingerprint density at radius 2 is 1.44 bits per heavy atom. The minimum absolute atomic E-state index is 0.0110. The van der Waals surface area contributed by atoms with Crippen LogP contribution in [-0.4, -0.2) is 71.9 Å². The van der Waals surface area contributed by atoms with Crippen LogP contribution in [0.5, 0.6) is 0 Å². The molecule has 1 N–H and O–H groups in total. The third kappa shape index (κ3) is 10.3. The zero-order chi connectivity index (χ0) is 12.1. The van der Waals surface area contributed by atoms with Gasteiger partial charge in [-0.3, -0.25) is 0 Å². The van der Waals surface area contributed by atoms with Gasteiger partial charge in [-0.2, -0.15) is 0 Å². The van der Waals surface area contributed by atoms with Crippen LogP contribution in [0.4, 0.5) is 0 Å². The molecule has 0 aromatic heterocycles. The molecule has 0 aliphatic carbocycles. The van der Waals surface area contributed by atoms with Crippen LogP contribution in [0.15, 0.2) is 0 Å². The van der Waals surface area contributed by atoms with Gasteiger partial charge in [-0.25, -0.2) is 0 Å². The Morgan fingerprint density at radius 1 is 0.875 bits per heavy atom. The lowest BCUT2D eigenvalue weighted by Crippen LogP contribution is -2.27. The minimum atomic E-state index is -0.447. The summed E-state index contributed by atoms with van der Waals surface area (Å²) in [6.45, 7) is 2.44. The molecule has 0 aromatic carbocycles. The molecule has 0 unspecified atom stereocenters. The van der Waals surface area contributed by atoms with Crippen molar-refractivity contribution < 1.29 is 28.8 Å². The minimum Gasteiger partial charge on any atom is -0.394 e. The molecule has 0 saturated heterocycles. The van der Waals surface area contributed by atoms with Gasteiger partial charge in [0.05, 0.1) is 46.2 Å². The van der Waals surface area contributed by atoms with E-state index in [0.29, 0.717) is 26.4 Å². The van der Waals surface area contributed by atoms with Gasteiger partial charge in [0.25, 0.3) is 0 Å². The highest BCUT2D eigenvalue weighted by molar-refractivity contribution is 4.44. The van der Waals surface area contributed by atoms with Gasteiger partial charge >= 0.3 is 0 Å². The summed E-state index contributed by atoms with van der Waals surface area (Å²) in [5.74, 6) is 0. The Hall–Kier alpha value is -0.240. The third-order valence-corrected chi connectivity index (χ3v) is 1.67. The molecule has 6 nitrogen and oxygen atoms in total. The Labute approximate surface area is 96.4 Å². The lowest BCUT2D eigenvalue weighted by molar-refractivity contribution is -0.182. The standard InChI is InChI=1S/C10H22O6/c1-12-5-7-15-10(9-14-4-3-11)16-8-6-13-2/h10-11H,3-9H2,1-2H3. The first-order valence-corrected chi connectivity index (χ1v) is 5.24. The summed E-state index contributed by atoms with van der Waals surface area (Å²) in [5, 5.41) is 8.56. The summed E-state index contributed by atoms with van der Waals surface area (Å²) in [7, 11) is 3.21. The Kier molecular flexibility index (Phi) is 12.6. The normalized spacial score (nSPS) is 11.2. The van der Waals surface area contributed by atoms with Crippen molar-refractivity contribution in [3.63, 3.8) is 0 Å². The molecule has 0 heterocycles. The topological polar surface area (TPSA) is 66.4 Å². The molecule has 0 bridgehead atoms. The molecule has 6 heteroatoms. The average Bonchev–Trinajstić information content (AvgIpc) is 2.29. The van der Waals surface area contributed by atoms with Gasteiger partial charge in [0.2, 0.25) is 0 Å². The van der Waals surface area contributed by atoms with E-state index in [1.807, 2.05) is 0 Å². The zero-order valence-electron chi connectivity index (χ0n) is 10.0. The summed E-state index contributed by atoms with van der Waals surface area (Å²) in [6.07, 6.45) is -0.447. The first kappa shape index (κ1) is 15.8. The van der Waals surface area contributed by atoms with Crippen molar-refractivity contribution in [2.45, 2.75) is 6.29 Å². The molecule has 98 valence electrons. The largest absolute Gasteiger partial charge is 0.394 e. The van der Waals surface area contributed by atoms with Crippen molar-refractivity contribution in [2.75, 3.05) is 60.5 Å². The Morgan fingerprint density at radius 3 is 1.88 bits per heavy atom. The van der Waals surface area contributed by atoms with Gasteiger partial charge in [0.1, 0.15) is 0 Å². The lowest BCUT2D eigenvalue weighted by Gasteiger charge is -2.18. The van der Waals surface area contributed by atoms with Gasteiger partial charge in [-0.05, 0) is 0 Å². The average molecular weight is 238 g/mol. The smallest absolute Gasteiger partial charge is 0.181 e. The van der Waals surface area contributed by atoms with Crippen LogP contribution in [0, 0.1) is 0 Å². The van der Waals surface area contributed by atoms with Crippen LogP contribution in [0.2, 0.25) is 0 Å². The highest BCUT2D eigenvalue weighted by Gasteiger charge is 2.09. The zero-order valence-corrected chi connectivity index (χ0v) is 10.0. The molecule has 0 amide bonds. The van der Waals surface area contributed by atoms with Crippen molar-refractivity contribution in [1.82, 2.24) is 0 Å². The van der Waals surface area contributed by atoms with Crippen LogP contribution >= 0.6 is 0 Å². The van der Waals surface area contributed by atoms with Crippen LogP contribution in [0.25, 0.3) is 0 Å². The van der Waals surface area contributed by atoms with E-state index in [1.165, 1.54) is 0 Å². The molecule has 0 atom stereocenters. The highest BCUT2D eigenvalue weighted by atomic mass is 16.7. The molecule has 0 aromatic rings. The molecule has 0 fully saturated rings. The molecule has 16 heavy (non-hydrogen) atoms. The van der Waals surface area contributed by atoms with Crippen molar-refractivity contribution >= 4 is 0 Å². The first-order valence-electron chi connectivity index (χ1n) is 5.24. The van der Waals surface area contributed by atoms with Crippen LogP contribution in [0.3, 0.4) is 0 Å². The van der Waals surface area contributed by atoms with Crippen molar-refractivity contribution in [3.8, 4) is 0 Å². The van der Waals surface area contributed by atoms with Crippen LogP contribution < -0.4 is 0 Å². The van der Waals surface area contributed by atoms with E-state index in [9.17, 15) is 0 Å². The van der Waals surface area contributed by atoms with Gasteiger partial charge in [0.15, 0.2) is 6.29 Å². The molecule has 0 spiro atoms. The second kappa shape index (κ2) is 12.8. The maximum absolute atomic E-state index is 8.56. The van der Waals surface area contributed by atoms with E-state index in [2.05, 4.69) is 0 Å². The fourth-order valence-corrected chi connectivity index (χ4v) is 0.914. The summed E-state index contributed by atoms with van der Waals surface area (Å²) in [6, 6.07) is 0. The summed E-state index contributed by atoms with van der Waals surface area (Å²) < 4.78 is 25.6. The molecule has 0 saturated carbocycles. The van der Waals surface area contributed by atoms with E-state index in [-0.39, 0.29) is 19.8 Å². The van der Waals surface area contributed by atoms with Gasteiger partial charge in [0, 0.05) is 14.2 Å². The van der Waals surface area contributed by atoms with Crippen molar-refractivity contribution in [2.24, 2.45) is 0 Å². The second-order valence-corrected chi connectivity index (χ2v) is 2.96. The fraction of sp³-hybridized carbons (Fsp3) is 1.00. The van der Waals surface area contributed by atoms with Gasteiger partial charge in [-0.1, -0.05) is 0 Å². The van der Waals surface area contributed by atoms with E-state index in [0.717, 1.165) is 0 Å². The number of aliphatic hydroxyl groups excluding tert-OH is 1. The fourth-order valence-electron chi connectivity index (χ4n) is 0.914. The highest BCUT2D eigenvalue weighted by Crippen LogP contribution is 1.97. The summed E-state index contributed by atoms with van der Waals surface area (Å²) >= 11 is 0. The maximum Gasteiger partial charge on any atom is 0.181 e. The summed E-state index contributed by atoms with van der Waals surface area (Å²) in [4.78, 5) is 0. The molecule has 0 aliphatic rings. The van der Waals surface area contributed by atoms with Crippen molar-refractivity contribution in [3.05, 3.63) is 0 Å². The number of aliphatic hydroxyl groups is 1. The van der Waals surface area contributed by atoms with Gasteiger partial charge < -0.3 is 28.8 Å². The van der Waals surface area contributed by atoms with E-state index >= 15 is 0 Å². The monoisotopic (exact) mass is 238 g/mol. The molecule has 0 rings (SSSR count). The predicted octanol–water partition coefficient (Wildman–Crippen LogP) is -0.353. The first-order chi connectivity index (χ1) is 7.85. The van der Waals surface area contributed by atoms with Crippen LogP contribution in [-0.2, 0) is 23.7 Å². The molecule has 0 aliphatic heterocycles. The maximum atomic E-state index is 8.56. The quantitative estimate of drug-likeness (QED) is 0.370. The number of methoxy groups -OCH3 is 2. The second-order valence-electron chi connectivity index (χ2n) is 2.96. The molecular weight excluding hydrogens is 216 g/mol. The lowest BCUT2D eigenvalue weighted by atomic mass is 10.6. The Bertz CT molecular complexity index is 109. The van der Waals surface area contributed by atoms with E-state index in [4.69, 9.17) is 28.8 Å². The molecular formula is C10H22O6. The number of ether oxygens (including phenoxy) is 5. The number of hydrogen-bond donors (Lipinski definition) is 1. The van der Waals surface area contributed by atoms with Crippen molar-refractivity contribution in [1.29, 1.82) is 0 Å². The van der Waals surface area contributed by atoms with Crippen LogP contribution in [0.1, 0.15) is 0 Å².